The van der Waals surface area contributed by atoms with Crippen LogP contribution in [0.15, 0.2) is 41.8 Å². The molecule has 1 aromatic heterocycles. The summed E-state index contributed by atoms with van der Waals surface area (Å²) in [5.74, 6) is 0. The molecule has 1 N–H and O–H groups in total. The van der Waals surface area contributed by atoms with Crippen LogP contribution in [-0.4, -0.2) is 7.05 Å². The first-order valence-corrected chi connectivity index (χ1v) is 6.44. The lowest BCUT2D eigenvalue weighted by Gasteiger charge is -2.16. The summed E-state index contributed by atoms with van der Waals surface area (Å²) in [5, 5.41) is 5.57. The normalized spacial score (nSPS) is 12.6. The van der Waals surface area contributed by atoms with Gasteiger partial charge in [-0.2, -0.15) is 0 Å². The van der Waals surface area contributed by atoms with Crippen LogP contribution in [0.4, 0.5) is 0 Å². The Bertz CT molecular complexity index is 433. The molecule has 0 saturated heterocycles. The monoisotopic (exact) mass is 231 g/mol. The number of rotatable bonds is 4. The summed E-state index contributed by atoms with van der Waals surface area (Å²) in [4.78, 5) is 1.41. The third-order valence-electron chi connectivity index (χ3n) is 2.91. The van der Waals surface area contributed by atoms with E-state index < -0.39 is 0 Å². The zero-order valence-corrected chi connectivity index (χ0v) is 10.6. The Hall–Kier alpha value is -1.12. The summed E-state index contributed by atoms with van der Waals surface area (Å²) >= 11 is 1.82. The van der Waals surface area contributed by atoms with Gasteiger partial charge in [-0.25, -0.2) is 0 Å². The molecule has 1 atom stereocenters. The molecule has 1 nitrogen and oxygen atoms in total. The van der Waals surface area contributed by atoms with Gasteiger partial charge in [-0.3, -0.25) is 0 Å². The lowest BCUT2D eigenvalue weighted by atomic mass is 10.00. The first-order chi connectivity index (χ1) is 7.81. The topological polar surface area (TPSA) is 12.0 Å². The molecule has 16 heavy (non-hydrogen) atoms. The molecule has 0 aliphatic heterocycles. The van der Waals surface area contributed by atoms with Crippen molar-refractivity contribution in [2.45, 2.75) is 19.4 Å². The number of nitrogens with one attached hydrogen (secondary N) is 1. The predicted octanol–water partition coefficient (Wildman–Crippen LogP) is 3.56. The van der Waals surface area contributed by atoms with E-state index in [4.69, 9.17) is 0 Å². The van der Waals surface area contributed by atoms with Crippen LogP contribution in [0.2, 0.25) is 0 Å². The van der Waals surface area contributed by atoms with Crippen LogP contribution in [0.25, 0.3) is 0 Å². The summed E-state index contributed by atoms with van der Waals surface area (Å²) < 4.78 is 0. The Balaban J connectivity index is 2.16. The molecule has 0 fully saturated rings. The molecule has 0 aliphatic carbocycles. The number of thiophene rings is 1. The third-order valence-corrected chi connectivity index (χ3v) is 3.77. The van der Waals surface area contributed by atoms with Crippen molar-refractivity contribution in [2.75, 3.05) is 7.05 Å². The SMILES string of the molecule is CNC(Cc1ccccc1)c1ccsc1C. The Labute approximate surface area is 101 Å². The van der Waals surface area contributed by atoms with E-state index in [9.17, 15) is 0 Å². The molecule has 1 unspecified atom stereocenters. The Morgan fingerprint density at radius 1 is 1.19 bits per heavy atom. The fourth-order valence-corrected chi connectivity index (χ4v) is 2.74. The first-order valence-electron chi connectivity index (χ1n) is 5.56. The number of hydrogen-bond acceptors (Lipinski definition) is 2. The third kappa shape index (κ3) is 2.52. The molecular formula is C14H17NS. The first kappa shape index (κ1) is 11.4. The van der Waals surface area contributed by atoms with Gasteiger partial charge in [0.1, 0.15) is 0 Å². The van der Waals surface area contributed by atoms with Crippen molar-refractivity contribution >= 4 is 11.3 Å². The van der Waals surface area contributed by atoms with Gasteiger partial charge in [-0.05, 0) is 43.0 Å². The van der Waals surface area contributed by atoms with E-state index in [1.165, 1.54) is 16.0 Å². The fourth-order valence-electron chi connectivity index (χ4n) is 1.97. The summed E-state index contributed by atoms with van der Waals surface area (Å²) in [6.45, 7) is 2.19. The van der Waals surface area contributed by atoms with E-state index in [1.807, 2.05) is 18.4 Å². The molecule has 0 amide bonds. The average Bonchev–Trinajstić information content (AvgIpc) is 2.74. The zero-order chi connectivity index (χ0) is 11.4. The molecular weight excluding hydrogens is 214 g/mol. The minimum atomic E-state index is 0.425. The molecule has 2 aromatic rings. The van der Waals surface area contributed by atoms with Crippen molar-refractivity contribution in [1.29, 1.82) is 0 Å². The summed E-state index contributed by atoms with van der Waals surface area (Å²) in [6.07, 6.45) is 1.05. The second-order valence-electron chi connectivity index (χ2n) is 3.96. The summed E-state index contributed by atoms with van der Waals surface area (Å²) in [7, 11) is 2.03. The standard InChI is InChI=1S/C14H17NS/c1-11-13(8-9-16-11)14(15-2)10-12-6-4-3-5-7-12/h3-9,14-15H,10H2,1-2H3. The van der Waals surface area contributed by atoms with Crippen molar-refractivity contribution in [3.63, 3.8) is 0 Å². The minimum absolute atomic E-state index is 0.425. The van der Waals surface area contributed by atoms with Crippen LogP contribution in [0.5, 0.6) is 0 Å². The fraction of sp³-hybridized carbons (Fsp3) is 0.286. The Morgan fingerprint density at radius 2 is 1.94 bits per heavy atom. The van der Waals surface area contributed by atoms with E-state index in [0.29, 0.717) is 6.04 Å². The van der Waals surface area contributed by atoms with Gasteiger partial charge in [0.2, 0.25) is 0 Å². The van der Waals surface area contributed by atoms with Gasteiger partial charge in [0.05, 0.1) is 0 Å². The van der Waals surface area contributed by atoms with E-state index in [2.05, 4.69) is 54.0 Å². The highest BCUT2D eigenvalue weighted by atomic mass is 32.1. The minimum Gasteiger partial charge on any atom is -0.313 e. The molecule has 1 aromatic carbocycles. The lowest BCUT2D eigenvalue weighted by Crippen LogP contribution is -2.18. The van der Waals surface area contributed by atoms with Crippen molar-refractivity contribution in [3.8, 4) is 0 Å². The van der Waals surface area contributed by atoms with Crippen LogP contribution in [0.3, 0.4) is 0 Å². The molecule has 0 radical (unpaired) electrons. The second-order valence-corrected chi connectivity index (χ2v) is 5.08. The maximum atomic E-state index is 3.40. The van der Waals surface area contributed by atoms with Gasteiger partial charge < -0.3 is 5.32 Å². The van der Waals surface area contributed by atoms with E-state index in [0.717, 1.165) is 6.42 Å². The number of hydrogen-bond donors (Lipinski definition) is 1. The summed E-state index contributed by atoms with van der Waals surface area (Å²) in [5.41, 5.74) is 2.81. The Morgan fingerprint density at radius 3 is 2.50 bits per heavy atom. The van der Waals surface area contributed by atoms with Crippen LogP contribution >= 0.6 is 11.3 Å². The summed E-state index contributed by atoms with van der Waals surface area (Å²) in [6, 6.07) is 13.3. The van der Waals surface area contributed by atoms with E-state index >= 15 is 0 Å². The van der Waals surface area contributed by atoms with Gasteiger partial charge in [0.15, 0.2) is 0 Å². The zero-order valence-electron chi connectivity index (χ0n) is 9.73. The molecule has 0 aliphatic rings. The van der Waals surface area contributed by atoms with Gasteiger partial charge in [-0.15, -0.1) is 11.3 Å². The quantitative estimate of drug-likeness (QED) is 0.848. The van der Waals surface area contributed by atoms with E-state index in [1.54, 1.807) is 0 Å². The molecule has 0 spiro atoms. The molecule has 0 bridgehead atoms. The van der Waals surface area contributed by atoms with E-state index in [-0.39, 0.29) is 0 Å². The maximum absolute atomic E-state index is 3.40. The number of aryl methyl sites for hydroxylation is 1. The number of likely N-dealkylation sites (N-methyl/N-ethyl adjacent to an activating group) is 1. The molecule has 2 heteroatoms. The molecule has 2 rings (SSSR count). The van der Waals surface area contributed by atoms with Gasteiger partial charge >= 0.3 is 0 Å². The van der Waals surface area contributed by atoms with Crippen molar-refractivity contribution in [3.05, 3.63) is 57.8 Å². The molecule has 84 valence electrons. The van der Waals surface area contributed by atoms with Crippen LogP contribution in [0.1, 0.15) is 22.0 Å². The van der Waals surface area contributed by atoms with Crippen molar-refractivity contribution in [1.82, 2.24) is 5.32 Å². The highest BCUT2D eigenvalue weighted by Gasteiger charge is 2.12. The molecule has 1 heterocycles. The lowest BCUT2D eigenvalue weighted by molar-refractivity contribution is 0.591. The van der Waals surface area contributed by atoms with Gasteiger partial charge in [-0.1, -0.05) is 30.3 Å². The van der Waals surface area contributed by atoms with Crippen LogP contribution < -0.4 is 5.32 Å². The second kappa shape index (κ2) is 5.28. The highest BCUT2D eigenvalue weighted by Crippen LogP contribution is 2.25. The predicted molar refractivity (Wildman–Crippen MR) is 71.0 cm³/mol. The smallest absolute Gasteiger partial charge is 0.0369 e. The van der Waals surface area contributed by atoms with Gasteiger partial charge in [0.25, 0.3) is 0 Å². The van der Waals surface area contributed by atoms with Crippen LogP contribution in [-0.2, 0) is 6.42 Å². The van der Waals surface area contributed by atoms with Crippen molar-refractivity contribution < 1.29 is 0 Å². The number of benzene rings is 1. The maximum Gasteiger partial charge on any atom is 0.0369 e. The largest absolute Gasteiger partial charge is 0.313 e. The molecule has 0 saturated carbocycles. The average molecular weight is 231 g/mol. The highest BCUT2D eigenvalue weighted by molar-refractivity contribution is 7.10. The van der Waals surface area contributed by atoms with Gasteiger partial charge in [0, 0.05) is 10.9 Å². The van der Waals surface area contributed by atoms with Crippen LogP contribution in [0, 0.1) is 6.92 Å². The Kier molecular flexibility index (Phi) is 3.75. The van der Waals surface area contributed by atoms with Crippen molar-refractivity contribution in [2.24, 2.45) is 0 Å².